The van der Waals surface area contributed by atoms with Crippen molar-refractivity contribution < 1.29 is 17.9 Å². The molecule has 23 heavy (non-hydrogen) atoms. The van der Waals surface area contributed by atoms with E-state index in [1.54, 1.807) is 50.6 Å². The summed E-state index contributed by atoms with van der Waals surface area (Å²) in [5, 5.41) is 0. The fourth-order valence-electron chi connectivity index (χ4n) is 2.00. The minimum absolute atomic E-state index is 0.00707. The van der Waals surface area contributed by atoms with Crippen LogP contribution in [-0.2, 0) is 15.8 Å². The van der Waals surface area contributed by atoms with Crippen LogP contribution in [0, 0.1) is 0 Å². The van der Waals surface area contributed by atoms with Crippen LogP contribution in [0.2, 0.25) is 0 Å². The zero-order valence-electron chi connectivity index (χ0n) is 13.3. The molecule has 0 aliphatic heterocycles. The Kier molecular flexibility index (Phi) is 6.01. The van der Waals surface area contributed by atoms with Crippen LogP contribution in [0.5, 0.6) is 11.5 Å². The van der Waals surface area contributed by atoms with E-state index in [2.05, 4.69) is 0 Å². The van der Waals surface area contributed by atoms with E-state index in [1.165, 1.54) is 4.31 Å². The van der Waals surface area contributed by atoms with E-state index >= 15 is 0 Å². The van der Waals surface area contributed by atoms with Crippen LogP contribution in [-0.4, -0.2) is 40.0 Å². The number of hydrogen-bond donors (Lipinski definition) is 0. The number of rotatable bonds is 8. The fraction of sp³-hybridized carbons (Fsp3) is 0.294. The molecule has 0 aromatic heterocycles. The summed E-state index contributed by atoms with van der Waals surface area (Å²) in [6.07, 6.45) is 0. The summed E-state index contributed by atoms with van der Waals surface area (Å²) < 4.78 is 36.5. The number of likely N-dealkylation sites (N-methyl/N-ethyl adjacent to an activating group) is 1. The normalized spacial score (nSPS) is 11.4. The number of methoxy groups -OCH3 is 1. The minimum Gasteiger partial charge on any atom is -0.497 e. The molecule has 6 heteroatoms. The molecule has 0 unspecified atom stereocenters. The SMILES string of the molecule is COc1ccc(OCCN(C)S(=O)(=O)Cc2ccccc2)cc1. The van der Waals surface area contributed by atoms with E-state index in [0.29, 0.717) is 12.3 Å². The van der Waals surface area contributed by atoms with E-state index in [1.807, 2.05) is 18.2 Å². The summed E-state index contributed by atoms with van der Waals surface area (Å²) in [4.78, 5) is 0. The number of benzene rings is 2. The molecule has 0 spiro atoms. The standard InChI is InChI=1S/C17H21NO4S/c1-18(23(19,20)14-15-6-4-3-5-7-15)12-13-22-17-10-8-16(21-2)9-11-17/h3-11H,12-14H2,1-2H3. The Labute approximate surface area is 137 Å². The molecule has 0 saturated heterocycles. The first-order valence-corrected chi connectivity index (χ1v) is 8.87. The van der Waals surface area contributed by atoms with E-state index in [0.717, 1.165) is 11.3 Å². The molecule has 0 saturated carbocycles. The highest BCUT2D eigenvalue weighted by atomic mass is 32.2. The summed E-state index contributed by atoms with van der Waals surface area (Å²) in [7, 11) is -0.180. The largest absolute Gasteiger partial charge is 0.497 e. The molecule has 5 nitrogen and oxygen atoms in total. The van der Waals surface area contributed by atoms with Crippen molar-refractivity contribution in [1.29, 1.82) is 0 Å². The van der Waals surface area contributed by atoms with E-state index in [9.17, 15) is 8.42 Å². The quantitative estimate of drug-likeness (QED) is 0.744. The average molecular weight is 335 g/mol. The monoisotopic (exact) mass is 335 g/mol. The van der Waals surface area contributed by atoms with Crippen molar-refractivity contribution in [3.05, 3.63) is 60.2 Å². The molecule has 0 bridgehead atoms. The van der Waals surface area contributed by atoms with Gasteiger partial charge in [0.1, 0.15) is 18.1 Å². The third-order valence-corrected chi connectivity index (χ3v) is 5.23. The Hall–Kier alpha value is -2.05. The van der Waals surface area contributed by atoms with Gasteiger partial charge in [-0.05, 0) is 29.8 Å². The molecule has 0 heterocycles. The van der Waals surface area contributed by atoms with Crippen LogP contribution in [0.3, 0.4) is 0 Å². The van der Waals surface area contributed by atoms with Gasteiger partial charge in [-0.3, -0.25) is 0 Å². The fourth-order valence-corrected chi connectivity index (χ4v) is 3.18. The Morgan fingerprint density at radius 2 is 1.57 bits per heavy atom. The maximum absolute atomic E-state index is 12.3. The number of hydrogen-bond acceptors (Lipinski definition) is 4. The second kappa shape index (κ2) is 7.99. The summed E-state index contributed by atoms with van der Waals surface area (Å²) >= 11 is 0. The lowest BCUT2D eigenvalue weighted by atomic mass is 10.2. The Morgan fingerprint density at radius 1 is 0.957 bits per heavy atom. The van der Waals surface area contributed by atoms with Crippen molar-refractivity contribution >= 4 is 10.0 Å². The molecule has 2 aromatic rings. The van der Waals surface area contributed by atoms with Crippen molar-refractivity contribution in [2.45, 2.75) is 5.75 Å². The molecule has 0 atom stereocenters. The van der Waals surface area contributed by atoms with Crippen molar-refractivity contribution in [1.82, 2.24) is 4.31 Å². The van der Waals surface area contributed by atoms with Gasteiger partial charge in [0, 0.05) is 13.6 Å². The molecule has 0 fully saturated rings. The zero-order valence-corrected chi connectivity index (χ0v) is 14.1. The maximum Gasteiger partial charge on any atom is 0.218 e. The number of ether oxygens (including phenoxy) is 2. The first-order chi connectivity index (χ1) is 11.0. The van der Waals surface area contributed by atoms with Crippen LogP contribution >= 0.6 is 0 Å². The highest BCUT2D eigenvalue weighted by Gasteiger charge is 2.18. The highest BCUT2D eigenvalue weighted by molar-refractivity contribution is 7.88. The number of nitrogens with zero attached hydrogens (tertiary/aromatic N) is 1. The molecule has 0 radical (unpaired) electrons. The van der Waals surface area contributed by atoms with Gasteiger partial charge in [-0.2, -0.15) is 0 Å². The van der Waals surface area contributed by atoms with Crippen LogP contribution in [0.15, 0.2) is 54.6 Å². The van der Waals surface area contributed by atoms with Gasteiger partial charge in [-0.1, -0.05) is 30.3 Å². The van der Waals surface area contributed by atoms with Gasteiger partial charge >= 0.3 is 0 Å². The van der Waals surface area contributed by atoms with Crippen molar-refractivity contribution in [2.24, 2.45) is 0 Å². The van der Waals surface area contributed by atoms with Gasteiger partial charge in [-0.15, -0.1) is 0 Å². The van der Waals surface area contributed by atoms with Crippen molar-refractivity contribution in [3.8, 4) is 11.5 Å². The molecule has 0 amide bonds. The molecular weight excluding hydrogens is 314 g/mol. The van der Waals surface area contributed by atoms with Gasteiger partial charge in [0.2, 0.25) is 10.0 Å². The third-order valence-electron chi connectivity index (χ3n) is 3.40. The molecule has 0 N–H and O–H groups in total. The minimum atomic E-state index is -3.35. The van der Waals surface area contributed by atoms with Gasteiger partial charge in [0.15, 0.2) is 0 Å². The Morgan fingerprint density at radius 3 is 2.17 bits per heavy atom. The van der Waals surface area contributed by atoms with Gasteiger partial charge in [-0.25, -0.2) is 12.7 Å². The lowest BCUT2D eigenvalue weighted by Crippen LogP contribution is -2.32. The predicted octanol–water partition coefficient (Wildman–Crippen LogP) is 2.54. The molecule has 2 rings (SSSR count). The maximum atomic E-state index is 12.3. The lowest BCUT2D eigenvalue weighted by Gasteiger charge is -2.17. The van der Waals surface area contributed by atoms with E-state index in [4.69, 9.17) is 9.47 Å². The van der Waals surface area contributed by atoms with Gasteiger partial charge in [0.05, 0.1) is 12.9 Å². The highest BCUT2D eigenvalue weighted by Crippen LogP contribution is 2.17. The second-order valence-corrected chi connectivity index (χ2v) is 7.16. The third kappa shape index (κ3) is 5.26. The zero-order chi connectivity index (χ0) is 16.7. The molecule has 0 aliphatic rings. The van der Waals surface area contributed by atoms with Crippen LogP contribution in [0.1, 0.15) is 5.56 Å². The van der Waals surface area contributed by atoms with Crippen LogP contribution in [0.25, 0.3) is 0 Å². The van der Waals surface area contributed by atoms with Gasteiger partial charge < -0.3 is 9.47 Å². The van der Waals surface area contributed by atoms with E-state index < -0.39 is 10.0 Å². The summed E-state index contributed by atoms with van der Waals surface area (Å²) in [5.74, 6) is 1.42. The summed E-state index contributed by atoms with van der Waals surface area (Å²) in [6, 6.07) is 16.3. The first kappa shape index (κ1) is 17.3. The molecule has 0 aliphatic carbocycles. The smallest absolute Gasteiger partial charge is 0.218 e. The molecule has 2 aromatic carbocycles. The van der Waals surface area contributed by atoms with Crippen molar-refractivity contribution in [3.63, 3.8) is 0 Å². The van der Waals surface area contributed by atoms with Crippen LogP contribution in [0.4, 0.5) is 0 Å². The van der Waals surface area contributed by atoms with Gasteiger partial charge in [0.25, 0.3) is 0 Å². The first-order valence-electron chi connectivity index (χ1n) is 7.26. The summed E-state index contributed by atoms with van der Waals surface area (Å²) in [5.41, 5.74) is 0.774. The lowest BCUT2D eigenvalue weighted by molar-refractivity contribution is 0.286. The Bertz CT molecular complexity index is 699. The number of sulfonamides is 1. The molecule has 124 valence electrons. The van der Waals surface area contributed by atoms with E-state index in [-0.39, 0.29) is 12.4 Å². The Balaban J connectivity index is 1.84. The second-order valence-electron chi connectivity index (χ2n) is 5.09. The summed E-state index contributed by atoms with van der Waals surface area (Å²) in [6.45, 7) is 0.581. The average Bonchev–Trinajstić information content (AvgIpc) is 2.56. The van der Waals surface area contributed by atoms with Crippen molar-refractivity contribution in [2.75, 3.05) is 27.3 Å². The predicted molar refractivity (Wildman–Crippen MR) is 90.2 cm³/mol. The molecular formula is C17H21NO4S. The van der Waals surface area contributed by atoms with Crippen LogP contribution < -0.4 is 9.47 Å². The topological polar surface area (TPSA) is 55.8 Å².